The van der Waals surface area contributed by atoms with Gasteiger partial charge in [0.15, 0.2) is 0 Å². The predicted octanol–water partition coefficient (Wildman–Crippen LogP) is 1.47. The van der Waals surface area contributed by atoms with E-state index in [1.807, 2.05) is 0 Å². The van der Waals surface area contributed by atoms with Crippen LogP contribution in [-0.2, 0) is 14.8 Å². The van der Waals surface area contributed by atoms with E-state index < -0.39 is 20.7 Å². The second-order valence-electron chi connectivity index (χ2n) is 6.01. The van der Waals surface area contributed by atoms with Crippen LogP contribution in [0.2, 0.25) is 0 Å². The summed E-state index contributed by atoms with van der Waals surface area (Å²) in [5, 5.41) is 0. The molecule has 1 amide bonds. The summed E-state index contributed by atoms with van der Waals surface area (Å²) in [5.74, 6) is -1.08. The van der Waals surface area contributed by atoms with Crippen molar-refractivity contribution >= 4 is 15.9 Å². The van der Waals surface area contributed by atoms with Crippen LogP contribution in [0.1, 0.15) is 29.6 Å². The topological polar surface area (TPSA) is 66.9 Å². The highest BCUT2D eigenvalue weighted by Crippen LogP contribution is 2.23. The summed E-state index contributed by atoms with van der Waals surface area (Å²) >= 11 is 0. The molecule has 0 spiro atoms. The van der Waals surface area contributed by atoms with E-state index in [9.17, 15) is 17.6 Å². The molecule has 2 aliphatic heterocycles. The van der Waals surface area contributed by atoms with Crippen molar-refractivity contribution in [3.05, 3.63) is 29.6 Å². The summed E-state index contributed by atoms with van der Waals surface area (Å²) in [6, 6.07) is 3.58. The summed E-state index contributed by atoms with van der Waals surface area (Å²) in [6.45, 7) is 2.25. The summed E-state index contributed by atoms with van der Waals surface area (Å²) in [7, 11) is -3.97. The van der Waals surface area contributed by atoms with Gasteiger partial charge in [0.1, 0.15) is 10.7 Å². The second kappa shape index (κ2) is 7.16. The van der Waals surface area contributed by atoms with Gasteiger partial charge in [-0.05, 0) is 37.5 Å². The fourth-order valence-electron chi connectivity index (χ4n) is 3.04. The Labute approximate surface area is 141 Å². The Morgan fingerprint density at radius 1 is 1.04 bits per heavy atom. The van der Waals surface area contributed by atoms with Crippen LogP contribution in [0.4, 0.5) is 4.39 Å². The van der Waals surface area contributed by atoms with E-state index in [1.54, 1.807) is 4.90 Å². The third kappa shape index (κ3) is 3.45. The average Bonchev–Trinajstić information content (AvgIpc) is 2.63. The SMILES string of the molecule is O=C(c1ccc(F)c(S(=O)(=O)N2CCOCC2)c1)N1CCCCC1. The van der Waals surface area contributed by atoms with Crippen LogP contribution in [0.3, 0.4) is 0 Å². The maximum absolute atomic E-state index is 14.2. The van der Waals surface area contributed by atoms with E-state index in [1.165, 1.54) is 10.4 Å². The van der Waals surface area contributed by atoms with E-state index in [4.69, 9.17) is 4.74 Å². The predicted molar refractivity (Wildman–Crippen MR) is 85.7 cm³/mol. The van der Waals surface area contributed by atoms with E-state index in [-0.39, 0.29) is 37.8 Å². The second-order valence-corrected chi connectivity index (χ2v) is 7.92. The lowest BCUT2D eigenvalue weighted by Crippen LogP contribution is -2.41. The molecule has 2 saturated heterocycles. The van der Waals surface area contributed by atoms with E-state index >= 15 is 0 Å². The molecule has 0 aromatic heterocycles. The molecule has 2 heterocycles. The lowest BCUT2D eigenvalue weighted by molar-refractivity contribution is 0.0721. The number of benzene rings is 1. The van der Waals surface area contributed by atoms with Gasteiger partial charge in [0.05, 0.1) is 13.2 Å². The molecule has 1 aromatic rings. The van der Waals surface area contributed by atoms with Crippen molar-refractivity contribution in [1.82, 2.24) is 9.21 Å². The molecule has 2 aliphatic rings. The first-order valence-electron chi connectivity index (χ1n) is 8.17. The van der Waals surface area contributed by atoms with E-state index in [0.29, 0.717) is 13.1 Å². The molecule has 132 valence electrons. The van der Waals surface area contributed by atoms with Gasteiger partial charge in [-0.1, -0.05) is 0 Å². The van der Waals surface area contributed by atoms with Crippen molar-refractivity contribution in [3.63, 3.8) is 0 Å². The maximum atomic E-state index is 14.2. The first-order chi connectivity index (χ1) is 11.5. The number of carbonyl (C=O) groups is 1. The smallest absolute Gasteiger partial charge is 0.253 e. The number of halogens is 1. The Hall–Kier alpha value is -1.51. The van der Waals surface area contributed by atoms with Crippen molar-refractivity contribution in [2.45, 2.75) is 24.2 Å². The number of likely N-dealkylation sites (tertiary alicyclic amines) is 1. The van der Waals surface area contributed by atoms with Crippen LogP contribution in [0.15, 0.2) is 23.1 Å². The summed E-state index contributed by atoms with van der Waals surface area (Å²) in [5.41, 5.74) is 0.213. The highest BCUT2D eigenvalue weighted by atomic mass is 32.2. The molecule has 24 heavy (non-hydrogen) atoms. The van der Waals surface area contributed by atoms with E-state index in [2.05, 4.69) is 0 Å². The first-order valence-corrected chi connectivity index (χ1v) is 9.61. The molecule has 6 nitrogen and oxygen atoms in total. The number of carbonyl (C=O) groups excluding carboxylic acids is 1. The number of ether oxygens (including phenoxy) is 1. The Morgan fingerprint density at radius 3 is 2.38 bits per heavy atom. The highest BCUT2D eigenvalue weighted by molar-refractivity contribution is 7.89. The monoisotopic (exact) mass is 356 g/mol. The lowest BCUT2D eigenvalue weighted by Gasteiger charge is -2.28. The summed E-state index contributed by atoms with van der Waals surface area (Å²) in [6.07, 6.45) is 2.96. The fourth-order valence-corrected chi connectivity index (χ4v) is 4.54. The average molecular weight is 356 g/mol. The first kappa shape index (κ1) is 17.3. The van der Waals surface area contributed by atoms with Crippen molar-refractivity contribution in [2.24, 2.45) is 0 Å². The Balaban J connectivity index is 1.89. The van der Waals surface area contributed by atoms with Gasteiger partial charge in [-0.2, -0.15) is 4.31 Å². The number of hydrogen-bond donors (Lipinski definition) is 0. The minimum Gasteiger partial charge on any atom is -0.379 e. The fraction of sp³-hybridized carbons (Fsp3) is 0.562. The number of rotatable bonds is 3. The van der Waals surface area contributed by atoms with Crippen molar-refractivity contribution in [1.29, 1.82) is 0 Å². The highest BCUT2D eigenvalue weighted by Gasteiger charge is 2.30. The quantitative estimate of drug-likeness (QED) is 0.823. The number of piperidine rings is 1. The van der Waals surface area contributed by atoms with Crippen molar-refractivity contribution in [3.8, 4) is 0 Å². The molecule has 8 heteroatoms. The van der Waals surface area contributed by atoms with Crippen LogP contribution >= 0.6 is 0 Å². The third-order valence-corrected chi connectivity index (χ3v) is 6.32. The van der Waals surface area contributed by atoms with Crippen LogP contribution in [-0.4, -0.2) is 62.9 Å². The number of amides is 1. The van der Waals surface area contributed by atoms with Gasteiger partial charge in [-0.25, -0.2) is 12.8 Å². The number of morpholine rings is 1. The zero-order valence-electron chi connectivity index (χ0n) is 13.4. The van der Waals surface area contributed by atoms with Gasteiger partial charge in [0, 0.05) is 31.7 Å². The Morgan fingerprint density at radius 2 is 1.71 bits per heavy atom. The molecule has 0 aliphatic carbocycles. The lowest BCUT2D eigenvalue weighted by atomic mass is 10.1. The molecule has 0 radical (unpaired) electrons. The molecule has 0 bridgehead atoms. The van der Waals surface area contributed by atoms with Crippen molar-refractivity contribution < 1.29 is 22.3 Å². The zero-order chi connectivity index (χ0) is 17.2. The Kier molecular flexibility index (Phi) is 5.17. The molecule has 1 aromatic carbocycles. The summed E-state index contributed by atoms with van der Waals surface area (Å²) in [4.78, 5) is 13.8. The van der Waals surface area contributed by atoms with Gasteiger partial charge in [-0.3, -0.25) is 4.79 Å². The standard InChI is InChI=1S/C16H21FN2O4S/c17-14-5-4-13(16(20)18-6-2-1-3-7-18)12-15(14)24(21,22)19-8-10-23-11-9-19/h4-5,12H,1-3,6-11H2. The Bertz CT molecular complexity index is 711. The van der Waals surface area contributed by atoms with Gasteiger partial charge in [-0.15, -0.1) is 0 Å². The normalized spacial score (nSPS) is 20.1. The molecule has 3 rings (SSSR count). The molecule has 2 fully saturated rings. The largest absolute Gasteiger partial charge is 0.379 e. The molecular weight excluding hydrogens is 335 g/mol. The molecular formula is C16H21FN2O4S. The number of hydrogen-bond acceptors (Lipinski definition) is 4. The van der Waals surface area contributed by atoms with Crippen molar-refractivity contribution in [2.75, 3.05) is 39.4 Å². The van der Waals surface area contributed by atoms with Crippen LogP contribution < -0.4 is 0 Å². The number of nitrogens with zero attached hydrogens (tertiary/aromatic N) is 2. The minimum atomic E-state index is -3.97. The summed E-state index contributed by atoms with van der Waals surface area (Å²) < 4.78 is 45.8. The van der Waals surface area contributed by atoms with Gasteiger partial charge < -0.3 is 9.64 Å². The van der Waals surface area contributed by atoms with Gasteiger partial charge in [0.2, 0.25) is 10.0 Å². The molecule has 0 atom stereocenters. The minimum absolute atomic E-state index is 0.187. The van der Waals surface area contributed by atoms with E-state index in [0.717, 1.165) is 31.4 Å². The van der Waals surface area contributed by atoms with Gasteiger partial charge in [0.25, 0.3) is 5.91 Å². The van der Waals surface area contributed by atoms with Crippen LogP contribution in [0, 0.1) is 5.82 Å². The number of sulfonamides is 1. The van der Waals surface area contributed by atoms with Gasteiger partial charge >= 0.3 is 0 Å². The van der Waals surface area contributed by atoms with Crippen LogP contribution in [0.25, 0.3) is 0 Å². The third-order valence-electron chi connectivity index (χ3n) is 4.41. The maximum Gasteiger partial charge on any atom is 0.253 e. The molecule has 0 unspecified atom stereocenters. The zero-order valence-corrected chi connectivity index (χ0v) is 14.2. The molecule has 0 saturated carbocycles. The molecule has 0 N–H and O–H groups in total. The van der Waals surface area contributed by atoms with Crippen LogP contribution in [0.5, 0.6) is 0 Å².